The molecule has 0 unspecified atom stereocenters. The second-order valence-electron chi connectivity index (χ2n) is 4.22. The fourth-order valence-corrected chi connectivity index (χ4v) is 1.59. The normalized spacial score (nSPS) is 12.0. The monoisotopic (exact) mass is 294 g/mol. The van der Waals surface area contributed by atoms with E-state index < -0.39 is 23.9 Å². The van der Waals surface area contributed by atoms with E-state index in [2.05, 4.69) is 4.74 Å². The molecule has 0 amide bonds. The van der Waals surface area contributed by atoms with Gasteiger partial charge in [0.05, 0.1) is 11.1 Å². The van der Waals surface area contributed by atoms with E-state index in [0.717, 1.165) is 0 Å². The van der Waals surface area contributed by atoms with Crippen LogP contribution in [0.3, 0.4) is 0 Å². The zero-order valence-corrected chi connectivity index (χ0v) is 11.1. The molecule has 0 aromatic heterocycles. The predicted molar refractivity (Wildman–Crippen MR) is 69.9 cm³/mol. The van der Waals surface area contributed by atoms with E-state index in [1.807, 2.05) is 0 Å². The van der Waals surface area contributed by atoms with Crippen LogP contribution in [-0.2, 0) is 14.3 Å². The SMILES string of the molecule is O=C(O)CCCCC(=O)O.O=C1OC(=O)c2ccccc21. The lowest BCUT2D eigenvalue weighted by molar-refractivity contribution is -0.139. The van der Waals surface area contributed by atoms with Crippen molar-refractivity contribution in [2.24, 2.45) is 0 Å². The molecule has 0 atom stereocenters. The van der Waals surface area contributed by atoms with Crippen LogP contribution in [0.1, 0.15) is 46.4 Å². The maximum atomic E-state index is 10.8. The minimum Gasteiger partial charge on any atom is -0.481 e. The minimum absolute atomic E-state index is 0.0628. The van der Waals surface area contributed by atoms with Crippen LogP contribution in [0.4, 0.5) is 0 Å². The first-order chi connectivity index (χ1) is 9.91. The number of carboxylic acid groups (broad SMARTS) is 2. The van der Waals surface area contributed by atoms with Crippen molar-refractivity contribution >= 4 is 23.9 Å². The van der Waals surface area contributed by atoms with E-state index in [1.54, 1.807) is 24.3 Å². The van der Waals surface area contributed by atoms with E-state index in [1.165, 1.54) is 0 Å². The molecule has 1 heterocycles. The smallest absolute Gasteiger partial charge is 0.346 e. The van der Waals surface area contributed by atoms with Gasteiger partial charge in [-0.1, -0.05) is 12.1 Å². The molecule has 2 N–H and O–H groups in total. The molecule has 0 fully saturated rings. The zero-order valence-electron chi connectivity index (χ0n) is 11.1. The van der Waals surface area contributed by atoms with Gasteiger partial charge in [-0.15, -0.1) is 0 Å². The molecule has 21 heavy (non-hydrogen) atoms. The molecule has 0 spiro atoms. The summed E-state index contributed by atoms with van der Waals surface area (Å²) >= 11 is 0. The summed E-state index contributed by atoms with van der Waals surface area (Å²) in [5.41, 5.74) is 0.718. The lowest BCUT2D eigenvalue weighted by atomic mass is 10.1. The molecule has 7 heteroatoms. The van der Waals surface area contributed by atoms with Crippen LogP contribution in [0.5, 0.6) is 0 Å². The Hall–Kier alpha value is -2.70. The summed E-state index contributed by atoms with van der Waals surface area (Å²) < 4.78 is 4.35. The summed E-state index contributed by atoms with van der Waals surface area (Å²) in [6.45, 7) is 0. The molecule has 0 bridgehead atoms. The van der Waals surface area contributed by atoms with Crippen LogP contribution >= 0.6 is 0 Å². The highest BCUT2D eigenvalue weighted by Gasteiger charge is 2.28. The molecular formula is C14H14O7. The van der Waals surface area contributed by atoms with Gasteiger partial charge in [-0.2, -0.15) is 0 Å². The van der Waals surface area contributed by atoms with Gasteiger partial charge >= 0.3 is 23.9 Å². The summed E-state index contributed by atoms with van der Waals surface area (Å²) in [6, 6.07) is 6.53. The number of aliphatic carboxylic acids is 2. The number of carbonyl (C=O) groups excluding carboxylic acids is 2. The number of benzene rings is 1. The largest absolute Gasteiger partial charge is 0.481 e. The lowest BCUT2D eigenvalue weighted by Gasteiger charge is -1.92. The highest BCUT2D eigenvalue weighted by Crippen LogP contribution is 2.18. The van der Waals surface area contributed by atoms with Crippen molar-refractivity contribution in [2.45, 2.75) is 25.7 Å². The Morgan fingerprint density at radius 1 is 0.857 bits per heavy atom. The van der Waals surface area contributed by atoms with Gasteiger partial charge in [-0.25, -0.2) is 9.59 Å². The molecule has 0 saturated heterocycles. The third-order valence-corrected chi connectivity index (χ3v) is 2.58. The average molecular weight is 294 g/mol. The number of unbranched alkanes of at least 4 members (excludes halogenated alkanes) is 1. The topological polar surface area (TPSA) is 118 Å². The Kier molecular flexibility index (Phi) is 6.06. The first kappa shape index (κ1) is 16.4. The molecule has 2 rings (SSSR count). The maximum Gasteiger partial charge on any atom is 0.346 e. The molecule has 0 radical (unpaired) electrons. The minimum atomic E-state index is -0.870. The van der Waals surface area contributed by atoms with Crippen LogP contribution in [-0.4, -0.2) is 34.1 Å². The van der Waals surface area contributed by atoms with E-state index in [9.17, 15) is 19.2 Å². The van der Waals surface area contributed by atoms with Gasteiger partial charge < -0.3 is 14.9 Å². The predicted octanol–water partition coefficient (Wildman–Crippen LogP) is 1.71. The second kappa shape index (κ2) is 7.78. The van der Waals surface area contributed by atoms with Crippen molar-refractivity contribution in [3.05, 3.63) is 35.4 Å². The zero-order chi connectivity index (χ0) is 15.8. The van der Waals surface area contributed by atoms with Crippen molar-refractivity contribution in [1.82, 2.24) is 0 Å². The number of carbonyl (C=O) groups is 4. The summed E-state index contributed by atoms with van der Waals surface area (Å²) in [5, 5.41) is 16.3. The molecule has 1 aliphatic rings. The quantitative estimate of drug-likeness (QED) is 0.482. The van der Waals surface area contributed by atoms with Gasteiger partial charge in [0.15, 0.2) is 0 Å². The molecule has 1 aromatic carbocycles. The Bertz CT molecular complexity index is 513. The molecular weight excluding hydrogens is 280 g/mol. The highest BCUT2D eigenvalue weighted by molar-refractivity contribution is 6.14. The van der Waals surface area contributed by atoms with E-state index in [-0.39, 0.29) is 12.8 Å². The third kappa shape index (κ3) is 5.43. The van der Waals surface area contributed by atoms with Crippen LogP contribution in [0, 0.1) is 0 Å². The molecule has 0 saturated carbocycles. The lowest BCUT2D eigenvalue weighted by Crippen LogP contribution is -1.97. The summed E-state index contributed by atoms with van der Waals surface area (Å²) in [5.74, 6) is -2.84. The van der Waals surface area contributed by atoms with Gasteiger partial charge in [0.1, 0.15) is 0 Å². The Labute approximate surface area is 120 Å². The number of hydrogen-bond acceptors (Lipinski definition) is 5. The fourth-order valence-electron chi connectivity index (χ4n) is 1.59. The van der Waals surface area contributed by atoms with Gasteiger partial charge in [0, 0.05) is 12.8 Å². The van der Waals surface area contributed by atoms with Crippen LogP contribution in [0.25, 0.3) is 0 Å². The van der Waals surface area contributed by atoms with Crippen molar-refractivity contribution in [2.75, 3.05) is 0 Å². The van der Waals surface area contributed by atoms with E-state index in [0.29, 0.717) is 24.0 Å². The number of carboxylic acids is 2. The Morgan fingerprint density at radius 2 is 1.24 bits per heavy atom. The molecule has 0 aliphatic carbocycles. The third-order valence-electron chi connectivity index (χ3n) is 2.58. The standard InChI is InChI=1S/C8H4O3.C6H10O4/c9-7-5-3-1-2-4-6(5)8(10)11-7;7-5(8)3-1-2-4-6(9)10/h1-4H;1-4H2,(H,7,8)(H,9,10). The van der Waals surface area contributed by atoms with Crippen molar-refractivity contribution < 1.29 is 34.1 Å². The number of esters is 2. The number of cyclic esters (lactones) is 2. The fraction of sp³-hybridized carbons (Fsp3) is 0.286. The van der Waals surface area contributed by atoms with Gasteiger partial charge in [0.2, 0.25) is 0 Å². The molecule has 1 aromatic rings. The van der Waals surface area contributed by atoms with Crippen molar-refractivity contribution in [1.29, 1.82) is 0 Å². The highest BCUT2D eigenvalue weighted by atomic mass is 16.6. The van der Waals surface area contributed by atoms with E-state index in [4.69, 9.17) is 10.2 Å². The Morgan fingerprint density at radius 3 is 1.57 bits per heavy atom. The molecule has 1 aliphatic heterocycles. The molecule has 7 nitrogen and oxygen atoms in total. The summed E-state index contributed by atoms with van der Waals surface area (Å²) in [4.78, 5) is 41.5. The van der Waals surface area contributed by atoms with Gasteiger partial charge in [-0.05, 0) is 25.0 Å². The summed E-state index contributed by atoms with van der Waals surface area (Å²) in [7, 11) is 0. The van der Waals surface area contributed by atoms with Gasteiger partial charge in [0.25, 0.3) is 0 Å². The maximum absolute atomic E-state index is 10.8. The van der Waals surface area contributed by atoms with Crippen LogP contribution in [0.2, 0.25) is 0 Å². The van der Waals surface area contributed by atoms with Crippen molar-refractivity contribution in [3.8, 4) is 0 Å². The number of ether oxygens (including phenoxy) is 1. The number of rotatable bonds is 5. The van der Waals surface area contributed by atoms with Crippen molar-refractivity contribution in [3.63, 3.8) is 0 Å². The first-order valence-corrected chi connectivity index (χ1v) is 6.21. The number of fused-ring (bicyclic) bond motifs is 1. The van der Waals surface area contributed by atoms with Crippen LogP contribution < -0.4 is 0 Å². The second-order valence-corrected chi connectivity index (χ2v) is 4.22. The number of hydrogen-bond donors (Lipinski definition) is 2. The van der Waals surface area contributed by atoms with Gasteiger partial charge in [-0.3, -0.25) is 9.59 Å². The van der Waals surface area contributed by atoms with Crippen LogP contribution in [0.15, 0.2) is 24.3 Å². The first-order valence-electron chi connectivity index (χ1n) is 6.21. The molecule has 112 valence electrons. The summed E-state index contributed by atoms with van der Waals surface area (Å²) in [6.07, 6.45) is 1.02. The van der Waals surface area contributed by atoms with E-state index >= 15 is 0 Å². The average Bonchev–Trinajstić information content (AvgIpc) is 2.71. The Balaban J connectivity index is 0.000000212.